The average molecular weight is 248 g/mol. The van der Waals surface area contributed by atoms with Crippen molar-refractivity contribution in [3.63, 3.8) is 0 Å². The van der Waals surface area contributed by atoms with Gasteiger partial charge in [0, 0.05) is 15.6 Å². The molecular formula is C15H20OS. The summed E-state index contributed by atoms with van der Waals surface area (Å²) in [5.74, 6) is 0.740. The van der Waals surface area contributed by atoms with Crippen LogP contribution in [0.5, 0.6) is 0 Å². The quantitative estimate of drug-likeness (QED) is 0.795. The lowest BCUT2D eigenvalue weighted by molar-refractivity contribution is -0.124. The second-order valence-corrected chi connectivity index (χ2v) is 6.91. The molecule has 92 valence electrons. The summed E-state index contributed by atoms with van der Waals surface area (Å²) in [7, 11) is 0. The molecule has 1 aliphatic carbocycles. The zero-order chi connectivity index (χ0) is 11.7. The lowest BCUT2D eigenvalue weighted by atomic mass is 9.86. The van der Waals surface area contributed by atoms with E-state index in [0.717, 1.165) is 12.5 Å². The van der Waals surface area contributed by atoms with Gasteiger partial charge in [-0.15, -0.1) is 11.8 Å². The Bertz CT molecular complexity index is 370. The lowest BCUT2D eigenvalue weighted by Crippen LogP contribution is -2.52. The Balaban J connectivity index is 1.80. The van der Waals surface area contributed by atoms with E-state index in [-0.39, 0.29) is 0 Å². The molecule has 2 aliphatic rings. The molecule has 2 atom stereocenters. The first-order valence-corrected chi connectivity index (χ1v) is 7.47. The molecule has 1 aromatic carbocycles. The van der Waals surface area contributed by atoms with Crippen molar-refractivity contribution in [2.75, 3.05) is 6.61 Å². The van der Waals surface area contributed by atoms with Gasteiger partial charge in [-0.1, -0.05) is 38.0 Å². The van der Waals surface area contributed by atoms with Gasteiger partial charge >= 0.3 is 0 Å². The SMILES string of the molecule is C[C@H]1CO[C@@H]1C1(Sc2ccccc2)CCCC1. The van der Waals surface area contributed by atoms with Gasteiger partial charge in [0.15, 0.2) is 0 Å². The second kappa shape index (κ2) is 4.66. The predicted molar refractivity (Wildman–Crippen MR) is 72.4 cm³/mol. The van der Waals surface area contributed by atoms with E-state index in [0.29, 0.717) is 10.9 Å². The van der Waals surface area contributed by atoms with Crippen LogP contribution in [0.2, 0.25) is 0 Å². The molecule has 1 nitrogen and oxygen atoms in total. The van der Waals surface area contributed by atoms with Crippen LogP contribution in [-0.2, 0) is 4.74 Å². The molecule has 1 saturated carbocycles. The molecule has 2 fully saturated rings. The number of ether oxygens (including phenoxy) is 1. The van der Waals surface area contributed by atoms with Crippen LogP contribution in [0.15, 0.2) is 35.2 Å². The molecule has 0 N–H and O–H groups in total. The second-order valence-electron chi connectivity index (χ2n) is 5.42. The van der Waals surface area contributed by atoms with Gasteiger partial charge < -0.3 is 4.74 Å². The number of benzene rings is 1. The Morgan fingerprint density at radius 1 is 1.18 bits per heavy atom. The average Bonchev–Trinajstić information content (AvgIpc) is 2.77. The highest BCUT2D eigenvalue weighted by molar-refractivity contribution is 8.00. The third-order valence-corrected chi connectivity index (χ3v) is 5.64. The number of rotatable bonds is 3. The maximum atomic E-state index is 5.88. The highest BCUT2D eigenvalue weighted by atomic mass is 32.2. The zero-order valence-corrected chi connectivity index (χ0v) is 11.2. The molecule has 0 spiro atoms. The number of thioether (sulfide) groups is 1. The minimum absolute atomic E-state index is 0.360. The van der Waals surface area contributed by atoms with Crippen LogP contribution >= 0.6 is 11.8 Å². The molecule has 2 heteroatoms. The molecular weight excluding hydrogens is 228 g/mol. The fourth-order valence-corrected chi connectivity index (χ4v) is 4.87. The first-order chi connectivity index (χ1) is 8.30. The van der Waals surface area contributed by atoms with Crippen molar-refractivity contribution in [2.45, 2.75) is 48.4 Å². The van der Waals surface area contributed by atoms with Gasteiger partial charge in [0.2, 0.25) is 0 Å². The Morgan fingerprint density at radius 2 is 1.88 bits per heavy atom. The van der Waals surface area contributed by atoms with Crippen LogP contribution in [0, 0.1) is 5.92 Å². The largest absolute Gasteiger partial charge is 0.376 e. The number of hydrogen-bond donors (Lipinski definition) is 0. The topological polar surface area (TPSA) is 9.23 Å². The third kappa shape index (κ3) is 2.13. The summed E-state index contributed by atoms with van der Waals surface area (Å²) in [6, 6.07) is 10.8. The molecule has 1 aromatic rings. The van der Waals surface area contributed by atoms with Crippen LogP contribution in [-0.4, -0.2) is 17.5 Å². The molecule has 3 rings (SSSR count). The molecule has 0 aromatic heterocycles. The van der Waals surface area contributed by atoms with Gasteiger partial charge in [-0.2, -0.15) is 0 Å². The molecule has 0 unspecified atom stereocenters. The van der Waals surface area contributed by atoms with Gasteiger partial charge in [0.25, 0.3) is 0 Å². The summed E-state index contributed by atoms with van der Waals surface area (Å²) in [4.78, 5) is 1.40. The summed E-state index contributed by atoms with van der Waals surface area (Å²) < 4.78 is 6.24. The van der Waals surface area contributed by atoms with E-state index in [1.807, 2.05) is 0 Å². The van der Waals surface area contributed by atoms with Gasteiger partial charge in [0.1, 0.15) is 0 Å². The van der Waals surface area contributed by atoms with Crippen LogP contribution < -0.4 is 0 Å². The van der Waals surface area contributed by atoms with Crippen molar-refractivity contribution in [3.05, 3.63) is 30.3 Å². The lowest BCUT2D eigenvalue weighted by Gasteiger charge is -2.46. The maximum absolute atomic E-state index is 5.88. The van der Waals surface area contributed by atoms with Crippen molar-refractivity contribution in [1.82, 2.24) is 0 Å². The van der Waals surface area contributed by atoms with E-state index >= 15 is 0 Å². The van der Waals surface area contributed by atoms with Gasteiger partial charge in [-0.25, -0.2) is 0 Å². The molecule has 1 saturated heterocycles. The van der Waals surface area contributed by atoms with Crippen molar-refractivity contribution < 1.29 is 4.74 Å². The van der Waals surface area contributed by atoms with E-state index < -0.39 is 0 Å². The third-order valence-electron chi connectivity index (χ3n) is 4.09. The van der Waals surface area contributed by atoms with Crippen molar-refractivity contribution in [1.29, 1.82) is 0 Å². The Morgan fingerprint density at radius 3 is 2.41 bits per heavy atom. The Labute approximate surface area is 108 Å². The molecule has 1 heterocycles. The van der Waals surface area contributed by atoms with Crippen LogP contribution in [0.3, 0.4) is 0 Å². The van der Waals surface area contributed by atoms with E-state index in [2.05, 4.69) is 49.0 Å². The van der Waals surface area contributed by atoms with E-state index in [4.69, 9.17) is 4.74 Å². The molecule has 0 bridgehead atoms. The Hall–Kier alpha value is -0.470. The maximum Gasteiger partial charge on any atom is 0.0772 e. The standard InChI is InChI=1S/C15H20OS/c1-12-11-16-14(12)15(9-5-6-10-15)17-13-7-3-2-4-8-13/h2-4,7-8,12,14H,5-6,9-11H2,1H3/t12-,14-/m0/s1. The first kappa shape index (κ1) is 11.6. The summed E-state index contributed by atoms with van der Waals surface area (Å²) in [6.07, 6.45) is 5.86. The summed E-state index contributed by atoms with van der Waals surface area (Å²) in [5, 5.41) is 0. The minimum Gasteiger partial charge on any atom is -0.376 e. The van der Waals surface area contributed by atoms with Gasteiger partial charge in [-0.05, 0) is 25.0 Å². The van der Waals surface area contributed by atoms with E-state index in [9.17, 15) is 0 Å². The van der Waals surface area contributed by atoms with Crippen LogP contribution in [0.1, 0.15) is 32.6 Å². The molecule has 1 aliphatic heterocycles. The highest BCUT2D eigenvalue weighted by Crippen LogP contribution is 2.52. The molecule has 0 amide bonds. The molecule has 17 heavy (non-hydrogen) atoms. The normalized spacial score (nSPS) is 31.1. The fraction of sp³-hybridized carbons (Fsp3) is 0.600. The summed E-state index contributed by atoms with van der Waals surface area (Å²) in [6.45, 7) is 3.29. The fourth-order valence-electron chi connectivity index (χ4n) is 3.20. The van der Waals surface area contributed by atoms with E-state index in [1.165, 1.54) is 30.6 Å². The monoisotopic (exact) mass is 248 g/mol. The summed E-state index contributed by atoms with van der Waals surface area (Å²) >= 11 is 2.06. The van der Waals surface area contributed by atoms with Crippen LogP contribution in [0.25, 0.3) is 0 Å². The zero-order valence-electron chi connectivity index (χ0n) is 10.4. The van der Waals surface area contributed by atoms with Crippen molar-refractivity contribution in [2.24, 2.45) is 5.92 Å². The van der Waals surface area contributed by atoms with Crippen LogP contribution in [0.4, 0.5) is 0 Å². The van der Waals surface area contributed by atoms with Crippen molar-refractivity contribution >= 4 is 11.8 Å². The number of hydrogen-bond acceptors (Lipinski definition) is 2. The molecule has 0 radical (unpaired) electrons. The smallest absolute Gasteiger partial charge is 0.0772 e. The first-order valence-electron chi connectivity index (χ1n) is 6.66. The highest BCUT2D eigenvalue weighted by Gasteiger charge is 2.49. The van der Waals surface area contributed by atoms with E-state index in [1.54, 1.807) is 0 Å². The van der Waals surface area contributed by atoms with Gasteiger partial charge in [-0.3, -0.25) is 0 Å². The predicted octanol–water partition coefficient (Wildman–Crippen LogP) is 4.13. The summed E-state index contributed by atoms with van der Waals surface area (Å²) in [5.41, 5.74) is 0. The van der Waals surface area contributed by atoms with Gasteiger partial charge in [0.05, 0.1) is 12.7 Å². The minimum atomic E-state index is 0.360. The Kier molecular flexibility index (Phi) is 3.18. The van der Waals surface area contributed by atoms with Crippen molar-refractivity contribution in [3.8, 4) is 0 Å².